The van der Waals surface area contributed by atoms with Gasteiger partial charge in [0.15, 0.2) is 6.61 Å². The van der Waals surface area contributed by atoms with Gasteiger partial charge >= 0.3 is 5.97 Å². The van der Waals surface area contributed by atoms with Gasteiger partial charge in [-0.3, -0.25) is 24.1 Å². The van der Waals surface area contributed by atoms with Crippen LogP contribution in [0.1, 0.15) is 69.2 Å². The van der Waals surface area contributed by atoms with Crippen LogP contribution in [-0.4, -0.2) is 53.2 Å². The second kappa shape index (κ2) is 10.1. The van der Waals surface area contributed by atoms with Crippen molar-refractivity contribution in [2.24, 2.45) is 0 Å². The van der Waals surface area contributed by atoms with Gasteiger partial charge in [0.05, 0.1) is 22.4 Å². The van der Waals surface area contributed by atoms with Gasteiger partial charge < -0.3 is 15.4 Å². The molecule has 1 heterocycles. The highest BCUT2D eigenvalue weighted by molar-refractivity contribution is 6.22. The van der Waals surface area contributed by atoms with E-state index in [9.17, 15) is 24.0 Å². The first kappa shape index (κ1) is 24.1. The van der Waals surface area contributed by atoms with Gasteiger partial charge in [0.25, 0.3) is 23.6 Å². The maximum atomic E-state index is 12.7. The number of para-hydroxylation sites is 1. The summed E-state index contributed by atoms with van der Waals surface area (Å²) >= 11 is 0. The molecule has 182 valence electrons. The predicted octanol–water partition coefficient (Wildman–Crippen LogP) is 2.83. The van der Waals surface area contributed by atoms with Crippen molar-refractivity contribution in [1.82, 2.24) is 10.2 Å². The summed E-state index contributed by atoms with van der Waals surface area (Å²) in [6.45, 7) is 2.54. The number of hydrogen-bond acceptors (Lipinski definition) is 6. The third kappa shape index (κ3) is 5.08. The summed E-state index contributed by atoms with van der Waals surface area (Å²) < 4.78 is 5.08. The molecule has 0 bridgehead atoms. The Morgan fingerprint density at radius 3 is 2.46 bits per heavy atom. The summed E-state index contributed by atoms with van der Waals surface area (Å²) in [5, 5.41) is 5.57. The van der Waals surface area contributed by atoms with Crippen LogP contribution in [0.15, 0.2) is 42.5 Å². The maximum absolute atomic E-state index is 12.7. The minimum atomic E-state index is -1.21. The molecule has 1 fully saturated rings. The minimum absolute atomic E-state index is 0.125. The fraction of sp³-hybridized carbons (Fsp3) is 0.346. The number of carbonyl (C=O) groups excluding carboxylic acids is 5. The van der Waals surface area contributed by atoms with Crippen LogP contribution in [0.2, 0.25) is 0 Å². The van der Waals surface area contributed by atoms with Crippen LogP contribution in [0.3, 0.4) is 0 Å². The molecule has 0 aromatic heterocycles. The number of imide groups is 1. The molecule has 0 spiro atoms. The number of carbonyl (C=O) groups is 5. The van der Waals surface area contributed by atoms with E-state index in [4.69, 9.17) is 4.74 Å². The molecular formula is C26H27N3O6. The van der Waals surface area contributed by atoms with Gasteiger partial charge in [0, 0.05) is 6.04 Å². The number of nitrogens with zero attached hydrogens (tertiary/aromatic N) is 1. The van der Waals surface area contributed by atoms with Crippen molar-refractivity contribution in [1.29, 1.82) is 0 Å². The molecule has 4 amide bonds. The zero-order valence-corrected chi connectivity index (χ0v) is 19.6. The van der Waals surface area contributed by atoms with E-state index in [-0.39, 0.29) is 23.1 Å². The summed E-state index contributed by atoms with van der Waals surface area (Å²) in [5.74, 6) is -2.98. The zero-order chi connectivity index (χ0) is 25.1. The quantitative estimate of drug-likeness (QED) is 0.467. The first-order valence-electron chi connectivity index (χ1n) is 11.6. The summed E-state index contributed by atoms with van der Waals surface area (Å²) in [6, 6.07) is 10.4. The molecule has 4 rings (SSSR count). The van der Waals surface area contributed by atoms with E-state index < -0.39 is 36.3 Å². The van der Waals surface area contributed by atoms with Crippen LogP contribution in [0.5, 0.6) is 0 Å². The molecule has 2 aromatic carbocycles. The van der Waals surface area contributed by atoms with Crippen molar-refractivity contribution >= 4 is 35.3 Å². The monoisotopic (exact) mass is 477 g/mol. The normalized spacial score (nSPS) is 16.1. The van der Waals surface area contributed by atoms with Gasteiger partial charge in [-0.05, 0) is 51.0 Å². The number of esters is 1. The SMILES string of the molecule is Cc1ccc2c(c1)C(=O)N(C(C)C(=O)OCC(=O)Nc1ccccc1C(=O)NC1CCCC1)C2=O. The Morgan fingerprint density at radius 1 is 1.03 bits per heavy atom. The molecule has 2 aliphatic rings. The molecule has 2 aromatic rings. The van der Waals surface area contributed by atoms with Crippen LogP contribution in [0, 0.1) is 6.92 Å². The van der Waals surface area contributed by atoms with Crippen molar-refractivity contribution in [3.8, 4) is 0 Å². The van der Waals surface area contributed by atoms with E-state index in [0.717, 1.165) is 36.1 Å². The van der Waals surface area contributed by atoms with Crippen molar-refractivity contribution < 1.29 is 28.7 Å². The van der Waals surface area contributed by atoms with Crippen molar-refractivity contribution in [3.63, 3.8) is 0 Å². The Morgan fingerprint density at radius 2 is 1.71 bits per heavy atom. The lowest BCUT2D eigenvalue weighted by Gasteiger charge is -2.21. The molecule has 1 aliphatic heterocycles. The molecule has 0 radical (unpaired) electrons. The zero-order valence-electron chi connectivity index (χ0n) is 19.6. The fourth-order valence-electron chi connectivity index (χ4n) is 4.40. The Bertz CT molecular complexity index is 1200. The van der Waals surface area contributed by atoms with E-state index in [1.165, 1.54) is 6.92 Å². The molecule has 0 saturated heterocycles. The van der Waals surface area contributed by atoms with Gasteiger partial charge in [0.1, 0.15) is 6.04 Å². The lowest BCUT2D eigenvalue weighted by atomic mass is 10.1. The van der Waals surface area contributed by atoms with E-state index in [1.54, 1.807) is 49.4 Å². The lowest BCUT2D eigenvalue weighted by Crippen LogP contribution is -2.44. The molecule has 1 aliphatic carbocycles. The summed E-state index contributed by atoms with van der Waals surface area (Å²) in [7, 11) is 0. The van der Waals surface area contributed by atoms with E-state index in [0.29, 0.717) is 11.3 Å². The largest absolute Gasteiger partial charge is 0.454 e. The number of hydrogen-bond donors (Lipinski definition) is 2. The Labute approximate surface area is 202 Å². The minimum Gasteiger partial charge on any atom is -0.454 e. The third-order valence-electron chi connectivity index (χ3n) is 6.28. The van der Waals surface area contributed by atoms with Crippen LogP contribution >= 0.6 is 0 Å². The number of ether oxygens (including phenoxy) is 1. The van der Waals surface area contributed by atoms with Gasteiger partial charge in [-0.15, -0.1) is 0 Å². The number of nitrogens with one attached hydrogen (secondary N) is 2. The smallest absolute Gasteiger partial charge is 0.329 e. The second-order valence-corrected chi connectivity index (χ2v) is 8.86. The van der Waals surface area contributed by atoms with Crippen LogP contribution in [0.4, 0.5) is 5.69 Å². The fourth-order valence-corrected chi connectivity index (χ4v) is 4.40. The molecule has 35 heavy (non-hydrogen) atoms. The Hall–Kier alpha value is -4.01. The third-order valence-corrected chi connectivity index (χ3v) is 6.28. The number of benzene rings is 2. The standard InChI is InChI=1S/C26H27N3O6/c1-15-11-12-18-20(13-15)25(33)29(24(18)32)16(2)26(34)35-14-22(30)28-21-10-6-5-9-19(21)23(31)27-17-7-3-4-8-17/h5-6,9-13,16-17H,3-4,7-8,14H2,1-2H3,(H,27,31)(H,28,30). The van der Waals surface area contributed by atoms with Gasteiger partial charge in [0.2, 0.25) is 0 Å². The van der Waals surface area contributed by atoms with Gasteiger partial charge in [-0.25, -0.2) is 4.79 Å². The first-order chi connectivity index (χ1) is 16.8. The average Bonchev–Trinajstić information content (AvgIpc) is 3.43. The molecule has 1 atom stereocenters. The number of fused-ring (bicyclic) bond motifs is 1. The van der Waals surface area contributed by atoms with E-state index in [1.807, 2.05) is 0 Å². The van der Waals surface area contributed by atoms with Crippen molar-refractivity contribution in [2.45, 2.75) is 51.6 Å². The highest BCUT2D eigenvalue weighted by Gasteiger charge is 2.41. The number of aryl methyl sites for hydroxylation is 1. The van der Waals surface area contributed by atoms with Gasteiger partial charge in [-0.2, -0.15) is 0 Å². The highest BCUT2D eigenvalue weighted by atomic mass is 16.5. The van der Waals surface area contributed by atoms with Crippen LogP contribution in [-0.2, 0) is 14.3 Å². The summed E-state index contributed by atoms with van der Waals surface area (Å²) in [4.78, 5) is 63.9. The number of anilines is 1. The van der Waals surface area contributed by atoms with Crippen LogP contribution < -0.4 is 10.6 Å². The number of amides is 4. The van der Waals surface area contributed by atoms with Crippen molar-refractivity contribution in [2.75, 3.05) is 11.9 Å². The Kier molecular flexibility index (Phi) is 6.95. The molecule has 9 nitrogen and oxygen atoms in total. The first-order valence-corrected chi connectivity index (χ1v) is 11.6. The van der Waals surface area contributed by atoms with Crippen molar-refractivity contribution in [3.05, 3.63) is 64.7 Å². The molecule has 1 saturated carbocycles. The summed E-state index contributed by atoms with van der Waals surface area (Å²) in [5.41, 5.74) is 1.89. The summed E-state index contributed by atoms with van der Waals surface area (Å²) in [6.07, 6.45) is 4.02. The maximum Gasteiger partial charge on any atom is 0.329 e. The van der Waals surface area contributed by atoms with E-state index in [2.05, 4.69) is 10.6 Å². The average molecular weight is 478 g/mol. The topological polar surface area (TPSA) is 122 Å². The number of rotatable bonds is 7. The lowest BCUT2D eigenvalue weighted by molar-refractivity contribution is -0.150. The van der Waals surface area contributed by atoms with Crippen LogP contribution in [0.25, 0.3) is 0 Å². The van der Waals surface area contributed by atoms with Gasteiger partial charge in [-0.1, -0.05) is 36.6 Å². The molecule has 1 unspecified atom stereocenters. The predicted molar refractivity (Wildman–Crippen MR) is 127 cm³/mol. The second-order valence-electron chi connectivity index (χ2n) is 8.86. The highest BCUT2D eigenvalue weighted by Crippen LogP contribution is 2.26. The molecule has 2 N–H and O–H groups in total. The Balaban J connectivity index is 1.35. The molecule has 9 heteroatoms. The molecular weight excluding hydrogens is 450 g/mol. The van der Waals surface area contributed by atoms with E-state index >= 15 is 0 Å².